The van der Waals surface area contributed by atoms with Crippen LogP contribution in [0.25, 0.3) is 0 Å². The first-order valence-corrected chi connectivity index (χ1v) is 3.25. The van der Waals surface area contributed by atoms with Gasteiger partial charge in [-0.2, -0.15) is 0 Å². The van der Waals surface area contributed by atoms with Crippen molar-refractivity contribution < 1.29 is 4.79 Å². The van der Waals surface area contributed by atoms with E-state index in [-0.39, 0.29) is 11.7 Å². The molecule has 4 heteroatoms. The number of primary amides is 1. The fraction of sp³-hybridized carbons (Fsp3) is 0.250. The van der Waals surface area contributed by atoms with Crippen molar-refractivity contribution in [3.63, 3.8) is 0 Å². The molecule has 0 saturated carbocycles. The quantitative estimate of drug-likeness (QED) is 0.652. The summed E-state index contributed by atoms with van der Waals surface area (Å²) in [5.74, 6) is -0.167. The van der Waals surface area contributed by atoms with E-state index in [1.165, 1.54) is 0 Å². The summed E-state index contributed by atoms with van der Waals surface area (Å²) >= 11 is 6.42. The number of thioether (sulfide) groups is 1. The number of carbonyl (C=O) groups is 1. The molecule has 0 aliphatic carbocycles. The largest absolute Gasteiger partial charge is 0.369 e. The summed E-state index contributed by atoms with van der Waals surface area (Å²) in [5, 5.41) is 0. The Balaban J connectivity index is 3.18. The van der Waals surface area contributed by atoms with E-state index in [0.29, 0.717) is 4.36 Å². The maximum atomic E-state index is 10.0. The number of carbonyl (C=O) groups excluding carboxylic acids is 1. The Labute approximate surface area is 57.1 Å². The lowest BCUT2D eigenvalue weighted by atomic mass is 10.8. The molecule has 8 heavy (non-hydrogen) atoms. The zero-order valence-electron chi connectivity index (χ0n) is 4.19. The summed E-state index contributed by atoms with van der Waals surface area (Å²) in [6, 6.07) is 0. The van der Waals surface area contributed by atoms with Gasteiger partial charge in [0.05, 0.1) is 10.1 Å². The third-order valence-corrected chi connectivity index (χ3v) is 1.44. The molecule has 2 N–H and O–H groups in total. The van der Waals surface area contributed by atoms with Crippen molar-refractivity contribution in [2.45, 2.75) is 0 Å². The fourth-order valence-corrected chi connectivity index (χ4v) is 0.612. The Morgan fingerprint density at radius 3 is 2.50 bits per heavy atom. The lowest BCUT2D eigenvalue weighted by Gasteiger charge is -1.89. The zero-order chi connectivity index (χ0) is 6.57. The van der Waals surface area contributed by atoms with E-state index in [1.54, 1.807) is 0 Å². The molecule has 0 aromatic rings. The van der Waals surface area contributed by atoms with Crippen molar-refractivity contribution in [3.05, 3.63) is 10.9 Å². The molecule has 46 valence electrons. The molecule has 0 aromatic heterocycles. The van der Waals surface area contributed by atoms with Crippen LogP contribution in [0, 0.1) is 0 Å². The van der Waals surface area contributed by atoms with Gasteiger partial charge in [-0.1, -0.05) is 18.2 Å². The highest BCUT2D eigenvalue weighted by Gasteiger charge is 1.93. The zero-order valence-corrected chi connectivity index (χ0v) is 5.76. The molecule has 0 bridgehead atoms. The van der Waals surface area contributed by atoms with Crippen LogP contribution >= 0.6 is 23.4 Å². The number of hydrogen-bond donors (Lipinski definition) is 1. The van der Waals surface area contributed by atoms with Crippen LogP contribution < -0.4 is 5.73 Å². The van der Waals surface area contributed by atoms with Gasteiger partial charge in [-0.25, -0.2) is 0 Å². The Morgan fingerprint density at radius 2 is 2.38 bits per heavy atom. The van der Waals surface area contributed by atoms with Gasteiger partial charge in [0.15, 0.2) is 0 Å². The molecule has 1 amide bonds. The third-order valence-electron chi connectivity index (χ3n) is 0.371. The second-order valence-corrected chi connectivity index (χ2v) is 2.86. The smallest absolute Gasteiger partial charge is 0.227 e. The van der Waals surface area contributed by atoms with E-state index in [4.69, 9.17) is 17.3 Å². The van der Waals surface area contributed by atoms with Crippen LogP contribution in [0.2, 0.25) is 0 Å². The van der Waals surface area contributed by atoms with Gasteiger partial charge in [0.1, 0.15) is 0 Å². The Hall–Kier alpha value is -0.150. The van der Waals surface area contributed by atoms with Crippen LogP contribution in [-0.2, 0) is 4.79 Å². The van der Waals surface area contributed by atoms with E-state index < -0.39 is 0 Å². The first kappa shape index (κ1) is 7.85. The Kier molecular flexibility index (Phi) is 3.73. The number of amides is 1. The minimum atomic E-state index is -0.378. The molecule has 0 rings (SSSR count). The molecule has 0 radical (unpaired) electrons. The van der Waals surface area contributed by atoms with Gasteiger partial charge in [-0.3, -0.25) is 4.79 Å². The standard InChI is InChI=1S/C4H6ClNOS/c1-3(5)8-2-4(6)7/h1-2H2,(H2,6,7). The van der Waals surface area contributed by atoms with Gasteiger partial charge < -0.3 is 5.73 Å². The summed E-state index contributed by atoms with van der Waals surface area (Å²) in [5.41, 5.74) is 4.78. The Bertz CT molecular complexity index is 101. The van der Waals surface area contributed by atoms with E-state index >= 15 is 0 Å². The summed E-state index contributed by atoms with van der Waals surface area (Å²) in [7, 11) is 0. The first-order valence-electron chi connectivity index (χ1n) is 1.88. The van der Waals surface area contributed by atoms with Crippen LogP contribution in [0.3, 0.4) is 0 Å². The van der Waals surface area contributed by atoms with Gasteiger partial charge in [0.2, 0.25) is 5.91 Å². The summed E-state index contributed by atoms with van der Waals surface area (Å²) in [4.78, 5) is 10.0. The van der Waals surface area contributed by atoms with E-state index in [0.717, 1.165) is 11.8 Å². The average Bonchev–Trinajstić information content (AvgIpc) is 1.61. The molecule has 2 nitrogen and oxygen atoms in total. The van der Waals surface area contributed by atoms with Gasteiger partial charge >= 0.3 is 0 Å². The average molecular weight is 152 g/mol. The van der Waals surface area contributed by atoms with E-state index in [9.17, 15) is 4.79 Å². The third kappa shape index (κ3) is 5.85. The molecular weight excluding hydrogens is 146 g/mol. The van der Waals surface area contributed by atoms with Crippen molar-refractivity contribution in [1.82, 2.24) is 0 Å². The van der Waals surface area contributed by atoms with Crippen LogP contribution in [0.15, 0.2) is 10.9 Å². The van der Waals surface area contributed by atoms with Crippen LogP contribution in [-0.4, -0.2) is 11.7 Å². The highest BCUT2D eigenvalue weighted by atomic mass is 35.5. The van der Waals surface area contributed by atoms with E-state index in [1.807, 2.05) is 0 Å². The minimum absolute atomic E-state index is 0.211. The molecule has 0 aliphatic heterocycles. The maximum Gasteiger partial charge on any atom is 0.227 e. The predicted octanol–water partition coefficient (Wildman–Crippen LogP) is 0.915. The highest BCUT2D eigenvalue weighted by Crippen LogP contribution is 2.15. The molecule has 0 aliphatic rings. The molecule has 0 fully saturated rings. The second kappa shape index (κ2) is 3.80. The van der Waals surface area contributed by atoms with Gasteiger partial charge in [-0.05, 0) is 0 Å². The maximum absolute atomic E-state index is 10.0. The monoisotopic (exact) mass is 151 g/mol. The lowest BCUT2D eigenvalue weighted by Crippen LogP contribution is -2.12. The number of rotatable bonds is 3. The van der Waals surface area contributed by atoms with Crippen molar-refractivity contribution in [3.8, 4) is 0 Å². The molecule has 0 aromatic carbocycles. The SMILES string of the molecule is C=C(Cl)SCC(N)=O. The summed E-state index contributed by atoms with van der Waals surface area (Å²) in [6.07, 6.45) is 0. The van der Waals surface area contributed by atoms with Crippen molar-refractivity contribution in [2.24, 2.45) is 5.73 Å². The van der Waals surface area contributed by atoms with Gasteiger partial charge in [0, 0.05) is 0 Å². The van der Waals surface area contributed by atoms with E-state index in [2.05, 4.69) is 6.58 Å². The number of hydrogen-bond acceptors (Lipinski definition) is 2. The van der Waals surface area contributed by atoms with Crippen LogP contribution in [0.4, 0.5) is 0 Å². The Morgan fingerprint density at radius 1 is 1.88 bits per heavy atom. The number of halogens is 1. The number of nitrogens with two attached hydrogens (primary N) is 1. The van der Waals surface area contributed by atoms with Crippen molar-refractivity contribution >= 4 is 29.3 Å². The second-order valence-electron chi connectivity index (χ2n) is 1.11. The minimum Gasteiger partial charge on any atom is -0.369 e. The van der Waals surface area contributed by atoms with Gasteiger partial charge in [0.25, 0.3) is 0 Å². The summed E-state index contributed by atoms with van der Waals surface area (Å²) in [6.45, 7) is 3.35. The molecular formula is C4H6ClNOS. The topological polar surface area (TPSA) is 43.1 Å². The predicted molar refractivity (Wildman–Crippen MR) is 36.6 cm³/mol. The molecule has 0 spiro atoms. The molecule has 0 heterocycles. The fourth-order valence-electron chi connectivity index (χ4n) is 0.149. The molecule has 0 atom stereocenters. The van der Waals surface area contributed by atoms with Crippen molar-refractivity contribution in [1.29, 1.82) is 0 Å². The normalized spacial score (nSPS) is 8.62. The summed E-state index contributed by atoms with van der Waals surface area (Å²) < 4.78 is 0.392. The molecule has 0 unspecified atom stereocenters. The lowest BCUT2D eigenvalue weighted by molar-refractivity contribution is -0.115. The molecule has 0 saturated heterocycles. The van der Waals surface area contributed by atoms with Crippen LogP contribution in [0.5, 0.6) is 0 Å². The van der Waals surface area contributed by atoms with Crippen molar-refractivity contribution in [2.75, 3.05) is 5.75 Å². The van der Waals surface area contributed by atoms with Gasteiger partial charge in [-0.15, -0.1) is 11.8 Å². The highest BCUT2D eigenvalue weighted by molar-refractivity contribution is 8.05. The van der Waals surface area contributed by atoms with Crippen LogP contribution in [0.1, 0.15) is 0 Å². The first-order chi connectivity index (χ1) is 3.63.